The lowest BCUT2D eigenvalue weighted by Crippen LogP contribution is -2.27. The van der Waals surface area contributed by atoms with Crippen molar-refractivity contribution in [3.8, 4) is 0 Å². The molecule has 0 spiro atoms. The van der Waals surface area contributed by atoms with Crippen LogP contribution in [-0.4, -0.2) is 43.5 Å². The van der Waals surface area contributed by atoms with Crippen LogP contribution in [0.25, 0.3) is 0 Å². The third kappa shape index (κ3) is 5.01. The number of anilines is 1. The molecule has 1 aromatic rings. The molecule has 0 aliphatic rings. The van der Waals surface area contributed by atoms with Gasteiger partial charge in [-0.2, -0.15) is 0 Å². The van der Waals surface area contributed by atoms with Gasteiger partial charge in [0.2, 0.25) is 5.89 Å². The summed E-state index contributed by atoms with van der Waals surface area (Å²) in [7, 11) is 1.68. The summed E-state index contributed by atoms with van der Waals surface area (Å²) in [5, 5.41) is 11.4. The molecule has 0 aliphatic carbocycles. The Bertz CT molecular complexity index is 328. The third-order valence-electron chi connectivity index (χ3n) is 2.50. The first-order chi connectivity index (χ1) is 8.67. The quantitative estimate of drug-likeness (QED) is 0.718. The highest BCUT2D eigenvalue weighted by Gasteiger charge is 2.12. The van der Waals surface area contributed by atoms with Gasteiger partial charge in [0, 0.05) is 20.2 Å². The van der Waals surface area contributed by atoms with Crippen LogP contribution in [0.2, 0.25) is 0 Å². The summed E-state index contributed by atoms with van der Waals surface area (Å²) in [5.41, 5.74) is 0. The molecule has 0 saturated carbocycles. The highest BCUT2D eigenvalue weighted by molar-refractivity contribution is 5.23. The average Bonchev–Trinajstić information content (AvgIpc) is 2.78. The summed E-state index contributed by atoms with van der Waals surface area (Å²) < 4.78 is 10.7. The van der Waals surface area contributed by atoms with Gasteiger partial charge >= 0.3 is 6.01 Å². The molecule has 1 aromatic heterocycles. The van der Waals surface area contributed by atoms with E-state index in [2.05, 4.69) is 36.3 Å². The van der Waals surface area contributed by atoms with E-state index in [1.54, 1.807) is 7.11 Å². The molecular weight excluding hydrogens is 232 g/mol. The topological polar surface area (TPSA) is 63.4 Å². The zero-order valence-corrected chi connectivity index (χ0v) is 11.8. The van der Waals surface area contributed by atoms with Crippen LogP contribution in [0.3, 0.4) is 0 Å². The molecule has 0 amide bonds. The summed E-state index contributed by atoms with van der Waals surface area (Å²) in [6.45, 7) is 10.2. The van der Waals surface area contributed by atoms with Gasteiger partial charge in [-0.05, 0) is 19.4 Å². The third-order valence-corrected chi connectivity index (χ3v) is 2.50. The number of rotatable bonds is 9. The summed E-state index contributed by atoms with van der Waals surface area (Å²) in [4.78, 5) is 2.00. The maximum Gasteiger partial charge on any atom is 0.318 e. The van der Waals surface area contributed by atoms with Crippen molar-refractivity contribution in [2.24, 2.45) is 5.92 Å². The van der Waals surface area contributed by atoms with Gasteiger partial charge in [0.1, 0.15) is 0 Å². The SMILES string of the molecule is CCN(CCOC)c1nnc(CNCC(C)C)o1. The Morgan fingerprint density at radius 2 is 2.17 bits per heavy atom. The molecule has 0 aromatic carbocycles. The monoisotopic (exact) mass is 256 g/mol. The summed E-state index contributed by atoms with van der Waals surface area (Å²) in [5.74, 6) is 1.24. The van der Waals surface area contributed by atoms with Crippen molar-refractivity contribution in [3.05, 3.63) is 5.89 Å². The lowest BCUT2D eigenvalue weighted by atomic mass is 10.2. The van der Waals surface area contributed by atoms with Gasteiger partial charge < -0.3 is 19.4 Å². The second-order valence-electron chi connectivity index (χ2n) is 4.58. The molecule has 0 bridgehead atoms. The van der Waals surface area contributed by atoms with Crippen LogP contribution in [0.1, 0.15) is 26.7 Å². The molecule has 6 heteroatoms. The first-order valence-electron chi connectivity index (χ1n) is 6.44. The fourth-order valence-electron chi connectivity index (χ4n) is 1.50. The van der Waals surface area contributed by atoms with Gasteiger partial charge in [0.05, 0.1) is 13.2 Å². The standard InChI is InChI=1S/C12H24N4O2/c1-5-16(6-7-17-4)12-15-14-11(18-12)9-13-8-10(2)3/h10,13H,5-9H2,1-4H3. The molecule has 0 radical (unpaired) electrons. The van der Waals surface area contributed by atoms with Crippen LogP contribution in [-0.2, 0) is 11.3 Å². The first-order valence-corrected chi connectivity index (χ1v) is 6.44. The predicted octanol–water partition coefficient (Wildman–Crippen LogP) is 1.29. The molecule has 1 rings (SSSR count). The summed E-state index contributed by atoms with van der Waals surface area (Å²) in [6, 6.07) is 0.566. The Morgan fingerprint density at radius 1 is 1.39 bits per heavy atom. The Balaban J connectivity index is 2.45. The minimum atomic E-state index is 0.566. The van der Waals surface area contributed by atoms with Gasteiger partial charge in [0.15, 0.2) is 0 Å². The number of methoxy groups -OCH3 is 1. The van der Waals surface area contributed by atoms with E-state index >= 15 is 0 Å². The highest BCUT2D eigenvalue weighted by atomic mass is 16.5. The maximum absolute atomic E-state index is 5.60. The first kappa shape index (κ1) is 14.9. The molecule has 0 atom stereocenters. The molecule has 0 saturated heterocycles. The smallest absolute Gasteiger partial charge is 0.318 e. The lowest BCUT2D eigenvalue weighted by Gasteiger charge is -2.16. The largest absolute Gasteiger partial charge is 0.407 e. The summed E-state index contributed by atoms with van der Waals surface area (Å²) in [6.07, 6.45) is 0. The van der Waals surface area contributed by atoms with Crippen LogP contribution in [0.15, 0.2) is 4.42 Å². The number of likely N-dealkylation sites (N-methyl/N-ethyl adjacent to an activating group) is 1. The zero-order valence-electron chi connectivity index (χ0n) is 11.8. The second-order valence-corrected chi connectivity index (χ2v) is 4.58. The Hall–Kier alpha value is -1.14. The van der Waals surface area contributed by atoms with E-state index in [1.165, 1.54) is 0 Å². The van der Waals surface area contributed by atoms with Crippen molar-refractivity contribution in [2.45, 2.75) is 27.3 Å². The molecule has 104 valence electrons. The van der Waals surface area contributed by atoms with E-state index in [0.29, 0.717) is 31.0 Å². The van der Waals surface area contributed by atoms with E-state index < -0.39 is 0 Å². The van der Waals surface area contributed by atoms with Crippen LogP contribution in [0, 0.1) is 5.92 Å². The normalized spacial score (nSPS) is 11.2. The molecule has 0 fully saturated rings. The Morgan fingerprint density at radius 3 is 2.78 bits per heavy atom. The van der Waals surface area contributed by atoms with Crippen LogP contribution in [0.4, 0.5) is 6.01 Å². The van der Waals surface area contributed by atoms with E-state index in [4.69, 9.17) is 9.15 Å². The molecule has 1 N–H and O–H groups in total. The summed E-state index contributed by atoms with van der Waals surface area (Å²) >= 11 is 0. The molecule has 0 unspecified atom stereocenters. The van der Waals surface area contributed by atoms with Crippen molar-refractivity contribution < 1.29 is 9.15 Å². The van der Waals surface area contributed by atoms with E-state index in [1.807, 2.05) is 4.90 Å². The van der Waals surface area contributed by atoms with Crippen LogP contribution in [0.5, 0.6) is 0 Å². The Kier molecular flexibility index (Phi) is 6.67. The number of nitrogens with one attached hydrogen (secondary N) is 1. The van der Waals surface area contributed by atoms with Crippen molar-refractivity contribution in [1.82, 2.24) is 15.5 Å². The molecule has 6 nitrogen and oxygen atoms in total. The van der Waals surface area contributed by atoms with E-state index in [0.717, 1.165) is 19.6 Å². The number of ether oxygens (including phenoxy) is 1. The minimum absolute atomic E-state index is 0.566. The van der Waals surface area contributed by atoms with Crippen molar-refractivity contribution in [1.29, 1.82) is 0 Å². The highest BCUT2D eigenvalue weighted by Crippen LogP contribution is 2.11. The molecular formula is C12H24N4O2. The van der Waals surface area contributed by atoms with Gasteiger partial charge in [-0.15, -0.1) is 5.10 Å². The number of nitrogens with zero attached hydrogens (tertiary/aromatic N) is 3. The predicted molar refractivity (Wildman–Crippen MR) is 70.6 cm³/mol. The molecule has 18 heavy (non-hydrogen) atoms. The Labute approximate surface area is 109 Å². The fraction of sp³-hybridized carbons (Fsp3) is 0.833. The maximum atomic E-state index is 5.60. The molecule has 1 heterocycles. The fourth-order valence-corrected chi connectivity index (χ4v) is 1.50. The minimum Gasteiger partial charge on any atom is -0.407 e. The lowest BCUT2D eigenvalue weighted by molar-refractivity contribution is 0.204. The van der Waals surface area contributed by atoms with Crippen molar-refractivity contribution >= 4 is 6.01 Å². The van der Waals surface area contributed by atoms with Gasteiger partial charge in [-0.3, -0.25) is 0 Å². The van der Waals surface area contributed by atoms with Crippen LogP contribution >= 0.6 is 0 Å². The van der Waals surface area contributed by atoms with Gasteiger partial charge in [-0.1, -0.05) is 18.9 Å². The number of hydrogen-bond donors (Lipinski definition) is 1. The second kappa shape index (κ2) is 8.05. The zero-order chi connectivity index (χ0) is 13.4. The van der Waals surface area contributed by atoms with Gasteiger partial charge in [-0.25, -0.2) is 0 Å². The van der Waals surface area contributed by atoms with Crippen LogP contribution < -0.4 is 10.2 Å². The number of hydrogen-bond acceptors (Lipinski definition) is 6. The van der Waals surface area contributed by atoms with E-state index in [9.17, 15) is 0 Å². The van der Waals surface area contributed by atoms with Crippen molar-refractivity contribution in [3.63, 3.8) is 0 Å². The van der Waals surface area contributed by atoms with E-state index in [-0.39, 0.29) is 0 Å². The number of aromatic nitrogens is 2. The van der Waals surface area contributed by atoms with Gasteiger partial charge in [0.25, 0.3) is 0 Å². The average molecular weight is 256 g/mol. The van der Waals surface area contributed by atoms with Crippen molar-refractivity contribution in [2.75, 3.05) is 38.3 Å². The molecule has 0 aliphatic heterocycles.